The molecule has 0 saturated heterocycles. The summed E-state index contributed by atoms with van der Waals surface area (Å²) in [6, 6.07) is 9.02. The standard InChI is InChI=1S/C16H18N2/c1-9-2-3-12(8-17)13(6-9)18-16-14-10-4-5-11(7-10)15(14)16/h2-3,6,10-11,14-16,18H,4-5,7H2,1H3. The van der Waals surface area contributed by atoms with E-state index in [1.165, 1.54) is 24.8 Å². The fourth-order valence-electron chi connectivity index (χ4n) is 4.57. The van der Waals surface area contributed by atoms with Crippen LogP contribution < -0.4 is 5.32 Å². The average molecular weight is 238 g/mol. The molecule has 18 heavy (non-hydrogen) atoms. The lowest BCUT2D eigenvalue weighted by Gasteiger charge is -2.13. The fraction of sp³-hybridized carbons (Fsp3) is 0.562. The van der Waals surface area contributed by atoms with Crippen LogP contribution in [0.5, 0.6) is 0 Å². The molecule has 1 N–H and O–H groups in total. The van der Waals surface area contributed by atoms with Crippen molar-refractivity contribution in [2.45, 2.75) is 32.2 Å². The van der Waals surface area contributed by atoms with E-state index < -0.39 is 0 Å². The third-order valence-electron chi connectivity index (χ3n) is 5.35. The number of fused-ring (bicyclic) bond motifs is 5. The van der Waals surface area contributed by atoms with Crippen LogP contribution in [0.1, 0.15) is 30.4 Å². The Balaban J connectivity index is 1.57. The molecule has 1 aromatic rings. The first-order chi connectivity index (χ1) is 8.78. The van der Waals surface area contributed by atoms with Crippen LogP contribution in [-0.2, 0) is 0 Å². The first kappa shape index (κ1) is 10.4. The van der Waals surface area contributed by atoms with Gasteiger partial charge in [0.2, 0.25) is 0 Å². The summed E-state index contributed by atoms with van der Waals surface area (Å²) in [5.74, 6) is 3.78. The van der Waals surface area contributed by atoms with Gasteiger partial charge in [0.05, 0.1) is 11.3 Å². The first-order valence-electron chi connectivity index (χ1n) is 7.05. The van der Waals surface area contributed by atoms with Gasteiger partial charge in [-0.25, -0.2) is 0 Å². The minimum atomic E-state index is 0.658. The maximum absolute atomic E-state index is 9.17. The van der Waals surface area contributed by atoms with Crippen molar-refractivity contribution in [2.24, 2.45) is 23.7 Å². The zero-order valence-corrected chi connectivity index (χ0v) is 10.7. The monoisotopic (exact) mass is 238 g/mol. The molecule has 92 valence electrons. The van der Waals surface area contributed by atoms with Crippen LogP contribution in [0.4, 0.5) is 5.69 Å². The summed E-state index contributed by atoms with van der Waals surface area (Å²) in [6.07, 6.45) is 4.37. The Kier molecular flexibility index (Phi) is 2.03. The maximum atomic E-state index is 9.17. The van der Waals surface area contributed by atoms with Crippen molar-refractivity contribution in [3.63, 3.8) is 0 Å². The van der Waals surface area contributed by atoms with Gasteiger partial charge < -0.3 is 5.32 Å². The van der Waals surface area contributed by atoms with Crippen molar-refractivity contribution in [1.82, 2.24) is 0 Å². The van der Waals surface area contributed by atoms with Gasteiger partial charge in [-0.2, -0.15) is 5.26 Å². The number of aryl methyl sites for hydroxylation is 1. The summed E-state index contributed by atoms with van der Waals surface area (Å²) in [5.41, 5.74) is 3.07. The van der Waals surface area contributed by atoms with Crippen LogP contribution in [0.15, 0.2) is 18.2 Å². The third-order valence-corrected chi connectivity index (χ3v) is 5.35. The second kappa shape index (κ2) is 3.51. The van der Waals surface area contributed by atoms with Gasteiger partial charge in [0, 0.05) is 6.04 Å². The SMILES string of the molecule is Cc1ccc(C#N)c(NC2C3C4CCC(C4)C23)c1. The van der Waals surface area contributed by atoms with Crippen molar-refractivity contribution >= 4 is 5.69 Å². The van der Waals surface area contributed by atoms with E-state index in [0.717, 1.165) is 34.9 Å². The predicted octanol–water partition coefficient (Wildman–Crippen LogP) is 3.32. The molecule has 1 aromatic carbocycles. The Morgan fingerprint density at radius 3 is 2.61 bits per heavy atom. The summed E-state index contributed by atoms with van der Waals surface area (Å²) in [6.45, 7) is 2.09. The molecule has 2 heteroatoms. The molecule has 3 aliphatic carbocycles. The molecule has 0 radical (unpaired) electrons. The lowest BCUT2D eigenvalue weighted by molar-refractivity contribution is 0.456. The van der Waals surface area contributed by atoms with Crippen LogP contribution in [0.3, 0.4) is 0 Å². The second-order valence-corrected chi connectivity index (χ2v) is 6.32. The van der Waals surface area contributed by atoms with Crippen LogP contribution in [0.25, 0.3) is 0 Å². The van der Waals surface area contributed by atoms with Gasteiger partial charge in [-0.3, -0.25) is 0 Å². The Morgan fingerprint density at radius 1 is 1.22 bits per heavy atom. The first-order valence-corrected chi connectivity index (χ1v) is 7.05. The number of nitrogens with one attached hydrogen (secondary N) is 1. The minimum absolute atomic E-state index is 0.658. The lowest BCUT2D eigenvalue weighted by atomic mass is 10.0. The molecule has 4 atom stereocenters. The van der Waals surface area contributed by atoms with Crippen LogP contribution in [0.2, 0.25) is 0 Å². The van der Waals surface area contributed by atoms with E-state index in [9.17, 15) is 5.26 Å². The predicted molar refractivity (Wildman–Crippen MR) is 71.1 cm³/mol. The molecule has 0 heterocycles. The Labute approximate surface area is 108 Å². The molecule has 3 saturated carbocycles. The quantitative estimate of drug-likeness (QED) is 0.858. The van der Waals surface area contributed by atoms with Crippen LogP contribution >= 0.6 is 0 Å². The summed E-state index contributed by atoms with van der Waals surface area (Å²) in [7, 11) is 0. The number of hydrogen-bond acceptors (Lipinski definition) is 2. The van der Waals surface area contributed by atoms with Gasteiger partial charge in [0.15, 0.2) is 0 Å². The van der Waals surface area contributed by atoms with Gasteiger partial charge in [-0.05, 0) is 67.6 Å². The highest BCUT2D eigenvalue weighted by atomic mass is 15.0. The number of hydrogen-bond donors (Lipinski definition) is 1. The molecule has 4 rings (SSSR count). The second-order valence-electron chi connectivity index (χ2n) is 6.32. The van der Waals surface area contributed by atoms with E-state index in [2.05, 4.69) is 24.4 Å². The zero-order chi connectivity index (χ0) is 12.3. The van der Waals surface area contributed by atoms with Crippen LogP contribution in [-0.4, -0.2) is 6.04 Å². The van der Waals surface area contributed by atoms with E-state index in [4.69, 9.17) is 0 Å². The number of benzene rings is 1. The summed E-state index contributed by atoms with van der Waals surface area (Å²) in [4.78, 5) is 0. The van der Waals surface area contributed by atoms with E-state index in [-0.39, 0.29) is 0 Å². The highest BCUT2D eigenvalue weighted by Crippen LogP contribution is 2.66. The molecule has 3 fully saturated rings. The molecule has 2 nitrogen and oxygen atoms in total. The molecule has 0 aliphatic heterocycles. The van der Waals surface area contributed by atoms with Gasteiger partial charge in [-0.1, -0.05) is 6.07 Å². The van der Waals surface area contributed by atoms with Gasteiger partial charge in [0.25, 0.3) is 0 Å². The van der Waals surface area contributed by atoms with Gasteiger partial charge in [0.1, 0.15) is 6.07 Å². The minimum Gasteiger partial charge on any atom is -0.381 e. The van der Waals surface area contributed by atoms with Crippen molar-refractivity contribution in [1.29, 1.82) is 5.26 Å². The van der Waals surface area contributed by atoms with Crippen LogP contribution in [0, 0.1) is 41.9 Å². The normalized spacial score (nSPS) is 39.2. The summed E-state index contributed by atoms with van der Waals surface area (Å²) < 4.78 is 0. The number of anilines is 1. The lowest BCUT2D eigenvalue weighted by Crippen LogP contribution is -2.13. The highest BCUT2D eigenvalue weighted by Gasteiger charge is 2.65. The molecular formula is C16H18N2. The molecule has 3 aliphatic rings. The van der Waals surface area contributed by atoms with Gasteiger partial charge >= 0.3 is 0 Å². The largest absolute Gasteiger partial charge is 0.381 e. The van der Waals surface area contributed by atoms with Crippen molar-refractivity contribution < 1.29 is 0 Å². The zero-order valence-electron chi connectivity index (χ0n) is 10.7. The van der Waals surface area contributed by atoms with E-state index in [1.54, 1.807) is 0 Å². The summed E-state index contributed by atoms with van der Waals surface area (Å²) in [5, 5.41) is 12.8. The smallest absolute Gasteiger partial charge is 0.101 e. The molecule has 0 spiro atoms. The third kappa shape index (κ3) is 1.34. The number of nitrogens with zero attached hydrogens (tertiary/aromatic N) is 1. The fourth-order valence-corrected chi connectivity index (χ4v) is 4.57. The highest BCUT2D eigenvalue weighted by molar-refractivity contribution is 5.60. The molecule has 0 aromatic heterocycles. The molecule has 4 unspecified atom stereocenters. The maximum Gasteiger partial charge on any atom is 0.101 e. The van der Waals surface area contributed by atoms with Gasteiger partial charge in [-0.15, -0.1) is 0 Å². The molecule has 0 amide bonds. The van der Waals surface area contributed by atoms with Crippen molar-refractivity contribution in [2.75, 3.05) is 5.32 Å². The molecular weight excluding hydrogens is 220 g/mol. The Morgan fingerprint density at radius 2 is 1.94 bits per heavy atom. The van der Waals surface area contributed by atoms with Crippen molar-refractivity contribution in [3.8, 4) is 6.07 Å². The topological polar surface area (TPSA) is 35.8 Å². The number of nitriles is 1. The summed E-state index contributed by atoms with van der Waals surface area (Å²) >= 11 is 0. The van der Waals surface area contributed by atoms with E-state index >= 15 is 0 Å². The van der Waals surface area contributed by atoms with E-state index in [1.807, 2.05) is 12.1 Å². The Hall–Kier alpha value is -1.49. The van der Waals surface area contributed by atoms with E-state index in [0.29, 0.717) is 6.04 Å². The Bertz CT molecular complexity index is 527. The molecule has 2 bridgehead atoms. The van der Waals surface area contributed by atoms with Crippen molar-refractivity contribution in [3.05, 3.63) is 29.3 Å². The average Bonchev–Trinajstić information content (AvgIpc) is 2.78. The number of rotatable bonds is 2.